The molecule has 1 saturated carbocycles. The number of hydrogen-bond acceptors (Lipinski definition) is 0. The Kier molecular flexibility index (Phi) is 3.86. The lowest BCUT2D eigenvalue weighted by molar-refractivity contribution is 0.581. The Labute approximate surface area is 102 Å². The maximum Gasteiger partial charge on any atom is 0.126 e. The van der Waals surface area contributed by atoms with E-state index in [0.717, 1.165) is 18.4 Å². The molecule has 1 aliphatic carbocycles. The molecule has 0 bridgehead atoms. The van der Waals surface area contributed by atoms with Crippen molar-refractivity contribution >= 4 is 11.6 Å². The van der Waals surface area contributed by atoms with Gasteiger partial charge in [-0.2, -0.15) is 0 Å². The third kappa shape index (κ3) is 2.57. The quantitative estimate of drug-likeness (QED) is 0.489. The Balaban J connectivity index is 2.23. The summed E-state index contributed by atoms with van der Waals surface area (Å²) in [5.41, 5.74) is 1.79. The van der Waals surface area contributed by atoms with Crippen molar-refractivity contribution in [3.05, 3.63) is 35.1 Å². The second-order valence-corrected chi connectivity index (χ2v) is 5.33. The second kappa shape index (κ2) is 5.18. The number of halogens is 2. The van der Waals surface area contributed by atoms with Crippen LogP contribution >= 0.6 is 11.6 Å². The molecule has 1 aromatic rings. The van der Waals surface area contributed by atoms with Crippen LogP contribution in [0.25, 0.3) is 0 Å². The van der Waals surface area contributed by atoms with E-state index in [1.54, 1.807) is 13.0 Å². The van der Waals surface area contributed by atoms with E-state index in [1.807, 2.05) is 12.1 Å². The maximum atomic E-state index is 13.5. The highest BCUT2D eigenvalue weighted by Crippen LogP contribution is 2.35. The smallest absolute Gasteiger partial charge is 0.126 e. The van der Waals surface area contributed by atoms with Crippen molar-refractivity contribution in [1.29, 1.82) is 0 Å². The van der Waals surface area contributed by atoms with Crippen LogP contribution in [0.1, 0.15) is 49.1 Å². The van der Waals surface area contributed by atoms with Crippen molar-refractivity contribution in [1.82, 2.24) is 0 Å². The van der Waals surface area contributed by atoms with Crippen LogP contribution < -0.4 is 0 Å². The number of aryl methyl sites for hydroxylation is 1. The summed E-state index contributed by atoms with van der Waals surface area (Å²) >= 11 is 6.39. The Bertz CT molecular complexity index is 362. The molecule has 0 saturated heterocycles. The molecular weight excluding hydrogens is 223 g/mol. The van der Waals surface area contributed by atoms with Gasteiger partial charge in [0.1, 0.15) is 5.82 Å². The van der Waals surface area contributed by atoms with E-state index in [4.69, 9.17) is 11.6 Å². The van der Waals surface area contributed by atoms with Crippen molar-refractivity contribution in [3.8, 4) is 0 Å². The van der Waals surface area contributed by atoms with Gasteiger partial charge in [0.15, 0.2) is 0 Å². The van der Waals surface area contributed by atoms with Gasteiger partial charge in [-0.3, -0.25) is 0 Å². The van der Waals surface area contributed by atoms with Crippen LogP contribution in [0.2, 0.25) is 0 Å². The average Bonchev–Trinajstić information content (AvgIpc) is 2.47. The zero-order chi connectivity index (χ0) is 11.5. The van der Waals surface area contributed by atoms with Crippen LogP contribution in [0.15, 0.2) is 18.2 Å². The van der Waals surface area contributed by atoms with Crippen LogP contribution in [0.3, 0.4) is 0 Å². The number of benzene rings is 1. The Morgan fingerprint density at radius 2 is 1.94 bits per heavy atom. The van der Waals surface area contributed by atoms with E-state index in [-0.39, 0.29) is 11.2 Å². The van der Waals surface area contributed by atoms with Crippen molar-refractivity contribution in [3.63, 3.8) is 0 Å². The Hall–Kier alpha value is -0.560. The van der Waals surface area contributed by atoms with Crippen LogP contribution in [0, 0.1) is 12.7 Å². The Morgan fingerprint density at radius 1 is 1.19 bits per heavy atom. The molecule has 2 unspecified atom stereocenters. The second-order valence-electron chi connectivity index (χ2n) is 4.77. The summed E-state index contributed by atoms with van der Waals surface area (Å²) in [4.78, 5) is 0. The van der Waals surface area contributed by atoms with Crippen molar-refractivity contribution in [2.75, 3.05) is 0 Å². The van der Waals surface area contributed by atoms with Gasteiger partial charge in [-0.25, -0.2) is 4.39 Å². The number of hydrogen-bond donors (Lipinski definition) is 0. The zero-order valence-corrected chi connectivity index (χ0v) is 10.4. The molecular formula is C14H18ClF. The SMILES string of the molecule is Cc1ccc(C2CCCCCC2Cl)cc1F. The lowest BCUT2D eigenvalue weighted by atomic mass is 9.91. The molecule has 0 radical (unpaired) electrons. The highest BCUT2D eigenvalue weighted by Gasteiger charge is 2.23. The summed E-state index contributed by atoms with van der Waals surface area (Å²) in [6, 6.07) is 5.56. The van der Waals surface area contributed by atoms with Crippen molar-refractivity contribution < 1.29 is 4.39 Å². The van der Waals surface area contributed by atoms with E-state index in [2.05, 4.69) is 0 Å². The lowest BCUT2D eigenvalue weighted by Gasteiger charge is -2.20. The lowest BCUT2D eigenvalue weighted by Crippen LogP contribution is -2.11. The number of rotatable bonds is 1. The van der Waals surface area contributed by atoms with E-state index >= 15 is 0 Å². The minimum Gasteiger partial charge on any atom is -0.207 e. The van der Waals surface area contributed by atoms with Gasteiger partial charge in [0, 0.05) is 11.3 Å². The van der Waals surface area contributed by atoms with Gasteiger partial charge in [-0.15, -0.1) is 11.6 Å². The van der Waals surface area contributed by atoms with E-state index in [0.29, 0.717) is 11.5 Å². The molecule has 0 amide bonds. The van der Waals surface area contributed by atoms with Crippen molar-refractivity contribution in [2.24, 2.45) is 0 Å². The van der Waals surface area contributed by atoms with Crippen LogP contribution in [-0.2, 0) is 0 Å². The number of alkyl halides is 1. The Morgan fingerprint density at radius 3 is 2.69 bits per heavy atom. The fourth-order valence-electron chi connectivity index (χ4n) is 2.48. The molecule has 2 rings (SSSR count). The van der Waals surface area contributed by atoms with Crippen LogP contribution in [0.5, 0.6) is 0 Å². The van der Waals surface area contributed by atoms with Gasteiger partial charge in [0.25, 0.3) is 0 Å². The standard InChI is InChI=1S/C14H18ClF/c1-10-7-8-11(9-14(10)16)12-5-3-2-4-6-13(12)15/h7-9,12-13H,2-6H2,1H3. The summed E-state index contributed by atoms with van der Waals surface area (Å²) in [6.07, 6.45) is 5.83. The largest absolute Gasteiger partial charge is 0.207 e. The first kappa shape index (κ1) is 11.9. The summed E-state index contributed by atoms with van der Waals surface area (Å²) in [6.45, 7) is 1.80. The average molecular weight is 241 g/mol. The van der Waals surface area contributed by atoms with Crippen LogP contribution in [-0.4, -0.2) is 5.38 Å². The summed E-state index contributed by atoms with van der Waals surface area (Å²) in [5, 5.41) is 0.171. The van der Waals surface area contributed by atoms with Gasteiger partial charge in [0.2, 0.25) is 0 Å². The van der Waals surface area contributed by atoms with Gasteiger partial charge in [-0.1, -0.05) is 31.4 Å². The maximum absolute atomic E-state index is 13.5. The zero-order valence-electron chi connectivity index (χ0n) is 9.68. The first-order valence-electron chi connectivity index (χ1n) is 6.08. The summed E-state index contributed by atoms with van der Waals surface area (Å²) < 4.78 is 13.5. The van der Waals surface area contributed by atoms with Gasteiger partial charge in [0.05, 0.1) is 0 Å². The minimum absolute atomic E-state index is 0.106. The monoisotopic (exact) mass is 240 g/mol. The van der Waals surface area contributed by atoms with Gasteiger partial charge >= 0.3 is 0 Å². The topological polar surface area (TPSA) is 0 Å². The first-order chi connectivity index (χ1) is 7.68. The normalized spacial score (nSPS) is 26.4. The predicted molar refractivity (Wildman–Crippen MR) is 66.6 cm³/mol. The van der Waals surface area contributed by atoms with E-state index in [1.165, 1.54) is 19.3 Å². The molecule has 0 aromatic heterocycles. The minimum atomic E-state index is -0.106. The van der Waals surface area contributed by atoms with E-state index < -0.39 is 0 Å². The molecule has 0 spiro atoms. The van der Waals surface area contributed by atoms with E-state index in [9.17, 15) is 4.39 Å². The molecule has 0 aliphatic heterocycles. The molecule has 88 valence electrons. The first-order valence-corrected chi connectivity index (χ1v) is 6.52. The predicted octanol–water partition coefficient (Wildman–Crippen LogP) is 4.79. The molecule has 2 atom stereocenters. The van der Waals surface area contributed by atoms with Crippen LogP contribution in [0.4, 0.5) is 4.39 Å². The highest BCUT2D eigenvalue weighted by atomic mass is 35.5. The molecule has 16 heavy (non-hydrogen) atoms. The fourth-order valence-corrected chi connectivity index (χ4v) is 2.90. The molecule has 1 fully saturated rings. The molecule has 2 heteroatoms. The van der Waals surface area contributed by atoms with Gasteiger partial charge in [-0.05, 0) is 37.0 Å². The van der Waals surface area contributed by atoms with Gasteiger partial charge < -0.3 is 0 Å². The van der Waals surface area contributed by atoms with Crippen molar-refractivity contribution in [2.45, 2.75) is 50.3 Å². The fraction of sp³-hybridized carbons (Fsp3) is 0.571. The summed E-state index contributed by atoms with van der Waals surface area (Å²) in [7, 11) is 0. The third-order valence-electron chi connectivity index (χ3n) is 3.56. The molecule has 0 N–H and O–H groups in total. The summed E-state index contributed by atoms with van der Waals surface area (Å²) in [5.74, 6) is 0.227. The molecule has 0 heterocycles. The molecule has 1 aliphatic rings. The third-order valence-corrected chi connectivity index (χ3v) is 4.08. The molecule has 1 aromatic carbocycles. The molecule has 0 nitrogen and oxygen atoms in total. The highest BCUT2D eigenvalue weighted by molar-refractivity contribution is 6.21.